The average molecular weight is 380 g/mol. The second-order valence-electron chi connectivity index (χ2n) is 5.80. The van der Waals surface area contributed by atoms with Gasteiger partial charge in [0.05, 0.1) is 6.21 Å². The van der Waals surface area contributed by atoms with Gasteiger partial charge in [-0.25, -0.2) is 4.39 Å². The van der Waals surface area contributed by atoms with Gasteiger partial charge in [0.2, 0.25) is 5.82 Å². The summed E-state index contributed by atoms with van der Waals surface area (Å²) in [6.45, 7) is 1.84. The highest BCUT2D eigenvalue weighted by Crippen LogP contribution is 2.13. The van der Waals surface area contributed by atoms with E-state index in [1.807, 2.05) is 24.3 Å². The fourth-order valence-corrected chi connectivity index (χ4v) is 2.16. The third-order valence-corrected chi connectivity index (χ3v) is 3.62. The monoisotopic (exact) mass is 380 g/mol. The number of amides is 1. The van der Waals surface area contributed by atoms with Crippen LogP contribution in [-0.4, -0.2) is 39.1 Å². The molecular formula is C19H17FN6O2. The number of carbonyl (C=O) groups excluding carboxylic acids is 1. The van der Waals surface area contributed by atoms with E-state index in [-0.39, 0.29) is 18.3 Å². The first-order valence-corrected chi connectivity index (χ1v) is 8.41. The molecule has 0 fully saturated rings. The van der Waals surface area contributed by atoms with Crippen LogP contribution in [0.15, 0.2) is 53.7 Å². The van der Waals surface area contributed by atoms with Gasteiger partial charge >= 0.3 is 0 Å². The van der Waals surface area contributed by atoms with Crippen molar-refractivity contribution in [3.05, 3.63) is 71.3 Å². The maximum absolute atomic E-state index is 12.8. The second kappa shape index (κ2) is 9.26. The largest absolute Gasteiger partial charge is 0.386 e. The first kappa shape index (κ1) is 19.0. The lowest BCUT2D eigenvalue weighted by molar-refractivity contribution is -0.125. The molecule has 2 aromatic carbocycles. The molecule has 0 spiro atoms. The molecule has 1 N–H and O–H groups in total. The molecule has 0 aliphatic carbocycles. The molecule has 28 heavy (non-hydrogen) atoms. The number of hydrogen-bond donors (Lipinski definition) is 1. The van der Waals surface area contributed by atoms with Crippen molar-refractivity contribution in [2.24, 2.45) is 5.16 Å². The summed E-state index contributed by atoms with van der Waals surface area (Å²) in [7, 11) is 0. The Morgan fingerprint density at radius 1 is 1.07 bits per heavy atom. The average Bonchev–Trinajstić information content (AvgIpc) is 2.72. The molecule has 8 nitrogen and oxygen atoms in total. The number of carbonyl (C=O) groups is 1. The number of aromatic nitrogens is 4. The van der Waals surface area contributed by atoms with Crippen LogP contribution < -0.4 is 5.32 Å². The minimum atomic E-state index is -0.329. The van der Waals surface area contributed by atoms with Gasteiger partial charge in [-0.15, -0.1) is 20.4 Å². The summed E-state index contributed by atoms with van der Waals surface area (Å²) in [6, 6.07) is 13.1. The van der Waals surface area contributed by atoms with Gasteiger partial charge in [-0.2, -0.15) is 0 Å². The minimum absolute atomic E-state index is 0.218. The molecule has 1 aromatic heterocycles. The van der Waals surface area contributed by atoms with E-state index in [1.54, 1.807) is 19.1 Å². The van der Waals surface area contributed by atoms with E-state index < -0.39 is 0 Å². The number of nitrogens with zero attached hydrogens (tertiary/aromatic N) is 5. The molecule has 0 saturated carbocycles. The standard InChI is InChI=1S/C19H17FN6O2/c1-13-23-25-19(26-24-13)16-6-2-14(3-7-16)10-21-18(27)12-28-22-11-15-4-8-17(20)9-5-15/h2-9,11H,10,12H2,1H3,(H,21,27)/b22-11+. The molecule has 0 aliphatic rings. The number of oxime groups is 1. The van der Waals surface area contributed by atoms with Crippen molar-refractivity contribution in [3.8, 4) is 11.4 Å². The first-order chi connectivity index (χ1) is 13.6. The van der Waals surface area contributed by atoms with Crippen molar-refractivity contribution in [2.75, 3.05) is 6.61 Å². The summed E-state index contributed by atoms with van der Waals surface area (Å²) < 4.78 is 12.8. The van der Waals surface area contributed by atoms with E-state index in [4.69, 9.17) is 4.84 Å². The Balaban J connectivity index is 1.42. The molecule has 1 amide bonds. The molecule has 1 heterocycles. The van der Waals surface area contributed by atoms with Crippen LogP contribution in [-0.2, 0) is 16.2 Å². The molecule has 3 aromatic rings. The fourth-order valence-electron chi connectivity index (χ4n) is 2.16. The fraction of sp³-hybridized carbons (Fsp3) is 0.158. The zero-order valence-electron chi connectivity index (χ0n) is 15.0. The van der Waals surface area contributed by atoms with Crippen LogP contribution in [0.3, 0.4) is 0 Å². The quantitative estimate of drug-likeness (QED) is 0.497. The summed E-state index contributed by atoms with van der Waals surface area (Å²) >= 11 is 0. The van der Waals surface area contributed by atoms with Crippen molar-refractivity contribution in [2.45, 2.75) is 13.5 Å². The topological polar surface area (TPSA) is 102 Å². The number of rotatable bonds is 7. The predicted octanol–water partition coefficient (Wildman–Crippen LogP) is 2.05. The highest BCUT2D eigenvalue weighted by Gasteiger charge is 2.05. The summed E-state index contributed by atoms with van der Waals surface area (Å²) in [5.41, 5.74) is 2.36. The van der Waals surface area contributed by atoms with Gasteiger partial charge in [0, 0.05) is 12.1 Å². The van der Waals surface area contributed by atoms with E-state index in [2.05, 4.69) is 30.9 Å². The Bertz CT molecular complexity index is 944. The lowest BCUT2D eigenvalue weighted by atomic mass is 10.1. The number of benzene rings is 2. The SMILES string of the molecule is Cc1nnc(-c2ccc(CNC(=O)CO/N=C/c3ccc(F)cc3)cc2)nn1. The van der Waals surface area contributed by atoms with Crippen LogP contribution >= 0.6 is 0 Å². The van der Waals surface area contributed by atoms with Gasteiger partial charge in [0.25, 0.3) is 5.91 Å². The van der Waals surface area contributed by atoms with Crippen molar-refractivity contribution in [1.82, 2.24) is 25.7 Å². The summed E-state index contributed by atoms with van der Waals surface area (Å²) in [4.78, 5) is 16.7. The van der Waals surface area contributed by atoms with Crippen LogP contribution in [0.2, 0.25) is 0 Å². The van der Waals surface area contributed by atoms with Gasteiger partial charge in [-0.1, -0.05) is 41.6 Å². The lowest BCUT2D eigenvalue weighted by Crippen LogP contribution is -2.26. The first-order valence-electron chi connectivity index (χ1n) is 8.41. The number of hydrogen-bond acceptors (Lipinski definition) is 7. The zero-order valence-corrected chi connectivity index (χ0v) is 15.0. The number of aryl methyl sites for hydroxylation is 1. The van der Waals surface area contributed by atoms with Crippen molar-refractivity contribution in [1.29, 1.82) is 0 Å². The van der Waals surface area contributed by atoms with Gasteiger partial charge in [-0.3, -0.25) is 4.79 Å². The minimum Gasteiger partial charge on any atom is -0.386 e. The maximum atomic E-state index is 12.8. The highest BCUT2D eigenvalue weighted by atomic mass is 19.1. The van der Waals surface area contributed by atoms with Crippen LogP contribution in [0.4, 0.5) is 4.39 Å². The van der Waals surface area contributed by atoms with Crippen LogP contribution in [0.25, 0.3) is 11.4 Å². The Morgan fingerprint density at radius 2 is 1.75 bits per heavy atom. The molecule has 0 aliphatic heterocycles. The Morgan fingerprint density at radius 3 is 2.43 bits per heavy atom. The van der Waals surface area contributed by atoms with E-state index >= 15 is 0 Å². The van der Waals surface area contributed by atoms with Crippen LogP contribution in [0, 0.1) is 12.7 Å². The second-order valence-corrected chi connectivity index (χ2v) is 5.80. The van der Waals surface area contributed by atoms with Gasteiger partial charge in [-0.05, 0) is 30.2 Å². The van der Waals surface area contributed by atoms with E-state index in [1.165, 1.54) is 18.3 Å². The number of nitrogens with one attached hydrogen (secondary N) is 1. The van der Waals surface area contributed by atoms with Crippen molar-refractivity contribution >= 4 is 12.1 Å². The molecule has 0 unspecified atom stereocenters. The van der Waals surface area contributed by atoms with Crippen molar-refractivity contribution < 1.29 is 14.0 Å². The molecule has 142 valence electrons. The molecule has 0 bridgehead atoms. The summed E-state index contributed by atoms with van der Waals surface area (Å²) in [5.74, 6) is 0.307. The summed E-state index contributed by atoms with van der Waals surface area (Å²) in [6.07, 6.45) is 1.41. The molecule has 9 heteroatoms. The van der Waals surface area contributed by atoms with Crippen LogP contribution in [0.1, 0.15) is 17.0 Å². The van der Waals surface area contributed by atoms with Gasteiger partial charge in [0.1, 0.15) is 5.82 Å². The predicted molar refractivity (Wildman–Crippen MR) is 99.6 cm³/mol. The van der Waals surface area contributed by atoms with E-state index in [0.29, 0.717) is 23.8 Å². The van der Waals surface area contributed by atoms with Gasteiger partial charge < -0.3 is 10.2 Å². The molecule has 0 saturated heterocycles. The summed E-state index contributed by atoms with van der Waals surface area (Å²) in [5, 5.41) is 22.1. The third kappa shape index (κ3) is 5.63. The lowest BCUT2D eigenvalue weighted by Gasteiger charge is -2.05. The Kier molecular flexibility index (Phi) is 6.29. The number of halogens is 1. The molecule has 3 rings (SSSR count). The van der Waals surface area contributed by atoms with Crippen molar-refractivity contribution in [3.63, 3.8) is 0 Å². The Labute approximate surface area is 160 Å². The third-order valence-electron chi connectivity index (χ3n) is 3.62. The van der Waals surface area contributed by atoms with E-state index in [0.717, 1.165) is 11.1 Å². The van der Waals surface area contributed by atoms with Crippen LogP contribution in [0.5, 0.6) is 0 Å². The van der Waals surface area contributed by atoms with Gasteiger partial charge in [0.15, 0.2) is 12.4 Å². The maximum Gasteiger partial charge on any atom is 0.261 e. The smallest absolute Gasteiger partial charge is 0.261 e. The highest BCUT2D eigenvalue weighted by molar-refractivity contribution is 5.79. The Hall–Kier alpha value is -3.75. The molecular weight excluding hydrogens is 363 g/mol. The molecule has 0 radical (unpaired) electrons. The molecule has 0 atom stereocenters. The van der Waals surface area contributed by atoms with E-state index in [9.17, 15) is 9.18 Å². The zero-order chi connectivity index (χ0) is 19.8. The normalized spacial score (nSPS) is 10.8.